The van der Waals surface area contributed by atoms with E-state index in [-0.39, 0.29) is 11.9 Å². The molecule has 0 spiro atoms. The van der Waals surface area contributed by atoms with Gasteiger partial charge in [-0.25, -0.2) is 0 Å². The molecule has 0 aliphatic heterocycles. The number of hydrogen-bond donors (Lipinski definition) is 0. The van der Waals surface area contributed by atoms with Gasteiger partial charge in [-0.3, -0.25) is 4.79 Å². The van der Waals surface area contributed by atoms with E-state index in [1.165, 1.54) is 0 Å². The minimum Gasteiger partial charge on any atom is -0.490 e. The third-order valence-electron chi connectivity index (χ3n) is 2.42. The molecule has 3 nitrogen and oxygen atoms in total. The van der Waals surface area contributed by atoms with Gasteiger partial charge in [0.05, 0.1) is 6.61 Å². The first-order valence-electron chi connectivity index (χ1n) is 5.04. The smallest absolute Gasteiger partial charge is 0.140 e. The van der Waals surface area contributed by atoms with Gasteiger partial charge < -0.3 is 9.47 Å². The Bertz CT molecular complexity index is 352. The summed E-state index contributed by atoms with van der Waals surface area (Å²) in [6.07, 6.45) is 1.18. The maximum Gasteiger partial charge on any atom is 0.140 e. The lowest BCUT2D eigenvalue weighted by molar-refractivity contribution is -0.129. The second-order valence-corrected chi connectivity index (χ2v) is 3.77. The fourth-order valence-electron chi connectivity index (χ4n) is 1.60. The van der Waals surface area contributed by atoms with E-state index >= 15 is 0 Å². The largest absolute Gasteiger partial charge is 0.490 e. The van der Waals surface area contributed by atoms with Gasteiger partial charge in [-0.1, -0.05) is 12.1 Å². The van der Waals surface area contributed by atoms with Crippen LogP contribution in [0.3, 0.4) is 0 Å². The molecule has 1 aromatic carbocycles. The molecule has 15 heavy (non-hydrogen) atoms. The Labute approximate surface area is 89.0 Å². The predicted molar refractivity (Wildman–Crippen MR) is 55.8 cm³/mol. The summed E-state index contributed by atoms with van der Waals surface area (Å²) in [5.74, 6) is 1.11. The van der Waals surface area contributed by atoms with E-state index in [1.54, 1.807) is 7.11 Å². The zero-order chi connectivity index (χ0) is 10.7. The molecule has 0 radical (unpaired) electrons. The Kier molecular flexibility index (Phi) is 3.02. The molecule has 1 saturated carbocycles. The number of Topliss-reactive ketones (excluding diaryl/α,β-unsaturated/α-hetero) is 1. The summed E-state index contributed by atoms with van der Waals surface area (Å²) in [5.41, 5.74) is 1.08. The maximum atomic E-state index is 10.8. The zero-order valence-corrected chi connectivity index (χ0v) is 8.73. The van der Waals surface area contributed by atoms with Crippen molar-refractivity contribution in [2.24, 2.45) is 0 Å². The van der Waals surface area contributed by atoms with E-state index in [0.717, 1.165) is 11.3 Å². The first-order chi connectivity index (χ1) is 7.28. The van der Waals surface area contributed by atoms with Crippen molar-refractivity contribution in [1.29, 1.82) is 0 Å². The van der Waals surface area contributed by atoms with E-state index in [0.29, 0.717) is 19.4 Å². The van der Waals surface area contributed by atoms with Crippen molar-refractivity contribution in [3.63, 3.8) is 0 Å². The first-order valence-corrected chi connectivity index (χ1v) is 5.04. The third-order valence-corrected chi connectivity index (χ3v) is 2.42. The lowest BCUT2D eigenvalue weighted by atomic mass is 9.94. The molecule has 1 aliphatic rings. The van der Waals surface area contributed by atoms with Crippen LogP contribution in [0.4, 0.5) is 0 Å². The van der Waals surface area contributed by atoms with Crippen LogP contribution in [0, 0.1) is 0 Å². The van der Waals surface area contributed by atoms with Crippen LogP contribution in [0.15, 0.2) is 24.3 Å². The fraction of sp³-hybridized carbons (Fsp3) is 0.417. The van der Waals surface area contributed by atoms with E-state index in [2.05, 4.69) is 0 Å². The molecule has 0 saturated heterocycles. The van der Waals surface area contributed by atoms with Gasteiger partial charge >= 0.3 is 0 Å². The van der Waals surface area contributed by atoms with E-state index < -0.39 is 0 Å². The highest BCUT2D eigenvalue weighted by Gasteiger charge is 2.28. The van der Waals surface area contributed by atoms with Crippen LogP contribution in [0.5, 0.6) is 5.75 Å². The molecule has 1 fully saturated rings. The van der Waals surface area contributed by atoms with E-state index in [4.69, 9.17) is 9.47 Å². The number of rotatable bonds is 4. The fourth-order valence-corrected chi connectivity index (χ4v) is 1.60. The van der Waals surface area contributed by atoms with E-state index in [1.807, 2.05) is 24.3 Å². The molecule has 0 bridgehead atoms. The summed E-state index contributed by atoms with van der Waals surface area (Å²) in [4.78, 5) is 10.8. The minimum absolute atomic E-state index is 0.0790. The predicted octanol–water partition coefficient (Wildman–Crippen LogP) is 1.94. The Morgan fingerprint density at radius 2 is 2.20 bits per heavy atom. The Morgan fingerprint density at radius 3 is 2.87 bits per heavy atom. The second kappa shape index (κ2) is 4.45. The van der Waals surface area contributed by atoms with Crippen LogP contribution >= 0.6 is 0 Å². The molecule has 2 rings (SSSR count). The lowest BCUT2D eigenvalue weighted by Crippen LogP contribution is -2.33. The molecule has 1 aliphatic carbocycles. The zero-order valence-electron chi connectivity index (χ0n) is 8.73. The van der Waals surface area contributed by atoms with Gasteiger partial charge in [0, 0.05) is 20.0 Å². The Morgan fingerprint density at radius 1 is 1.40 bits per heavy atom. The number of carbonyl (C=O) groups excluding carboxylic acids is 1. The van der Waals surface area contributed by atoms with Gasteiger partial charge in [0.25, 0.3) is 0 Å². The summed E-state index contributed by atoms with van der Waals surface area (Å²) in [6.45, 7) is 0.584. The summed E-state index contributed by atoms with van der Waals surface area (Å²) < 4.78 is 10.7. The number of ether oxygens (including phenoxy) is 2. The topological polar surface area (TPSA) is 35.5 Å². The van der Waals surface area contributed by atoms with Gasteiger partial charge in [0.15, 0.2) is 0 Å². The molecule has 0 N–H and O–H groups in total. The van der Waals surface area contributed by atoms with Crippen LogP contribution in [0.2, 0.25) is 0 Å². The summed E-state index contributed by atoms with van der Waals surface area (Å²) in [7, 11) is 1.66. The number of hydrogen-bond acceptors (Lipinski definition) is 3. The van der Waals surface area contributed by atoms with Crippen LogP contribution < -0.4 is 4.74 Å². The van der Waals surface area contributed by atoms with E-state index in [9.17, 15) is 4.79 Å². The molecule has 0 aromatic heterocycles. The first kappa shape index (κ1) is 10.2. The molecule has 0 unspecified atom stereocenters. The summed E-state index contributed by atoms with van der Waals surface area (Å²) >= 11 is 0. The minimum atomic E-state index is 0.0790. The van der Waals surface area contributed by atoms with Gasteiger partial charge in [0.1, 0.15) is 17.6 Å². The molecule has 3 heteroatoms. The van der Waals surface area contributed by atoms with Crippen molar-refractivity contribution in [3.05, 3.63) is 29.8 Å². The summed E-state index contributed by atoms with van der Waals surface area (Å²) in [6, 6.07) is 7.78. The van der Waals surface area contributed by atoms with Gasteiger partial charge in [-0.05, 0) is 17.7 Å². The SMILES string of the molecule is COCc1cccc(OC2CC(=O)C2)c1. The normalized spacial score (nSPS) is 16.2. The van der Waals surface area contributed by atoms with Crippen LogP contribution in [-0.4, -0.2) is 19.0 Å². The number of ketones is 1. The van der Waals surface area contributed by atoms with Crippen molar-refractivity contribution in [2.45, 2.75) is 25.6 Å². The molecular weight excluding hydrogens is 192 g/mol. The molecular formula is C12H14O3. The maximum absolute atomic E-state index is 10.8. The highest BCUT2D eigenvalue weighted by atomic mass is 16.5. The van der Waals surface area contributed by atoms with Crippen molar-refractivity contribution in [3.8, 4) is 5.75 Å². The lowest BCUT2D eigenvalue weighted by Gasteiger charge is -2.25. The molecule has 1 aromatic rings. The quantitative estimate of drug-likeness (QED) is 0.755. The molecule has 0 amide bonds. The van der Waals surface area contributed by atoms with Gasteiger partial charge in [-0.2, -0.15) is 0 Å². The number of carbonyl (C=O) groups is 1. The average molecular weight is 206 g/mol. The Hall–Kier alpha value is -1.35. The summed E-state index contributed by atoms with van der Waals surface area (Å²) in [5, 5.41) is 0. The average Bonchev–Trinajstić information content (AvgIpc) is 2.17. The van der Waals surface area contributed by atoms with Crippen molar-refractivity contribution < 1.29 is 14.3 Å². The third kappa shape index (κ3) is 2.57. The van der Waals surface area contributed by atoms with Gasteiger partial charge in [-0.15, -0.1) is 0 Å². The molecule has 80 valence electrons. The van der Waals surface area contributed by atoms with Crippen molar-refractivity contribution >= 4 is 5.78 Å². The van der Waals surface area contributed by atoms with Crippen molar-refractivity contribution in [1.82, 2.24) is 0 Å². The van der Waals surface area contributed by atoms with Crippen molar-refractivity contribution in [2.75, 3.05) is 7.11 Å². The molecule has 0 heterocycles. The molecule has 0 atom stereocenters. The second-order valence-electron chi connectivity index (χ2n) is 3.77. The highest BCUT2D eigenvalue weighted by Crippen LogP contribution is 2.23. The van der Waals surface area contributed by atoms with Gasteiger partial charge in [0.2, 0.25) is 0 Å². The monoisotopic (exact) mass is 206 g/mol. The van der Waals surface area contributed by atoms with Crippen LogP contribution in [-0.2, 0) is 16.1 Å². The standard InChI is InChI=1S/C12H14O3/c1-14-8-9-3-2-4-11(5-9)15-12-6-10(13)7-12/h2-5,12H,6-8H2,1H3. The Balaban J connectivity index is 1.95. The van der Waals surface area contributed by atoms with Crippen LogP contribution in [0.25, 0.3) is 0 Å². The number of benzene rings is 1. The van der Waals surface area contributed by atoms with Crippen LogP contribution in [0.1, 0.15) is 18.4 Å². The number of methoxy groups -OCH3 is 1. The highest BCUT2D eigenvalue weighted by molar-refractivity contribution is 5.85.